The largest absolute Gasteiger partial charge is 0.435 e. The van der Waals surface area contributed by atoms with Crippen molar-refractivity contribution in [2.24, 2.45) is 0 Å². The van der Waals surface area contributed by atoms with E-state index in [9.17, 15) is 0 Å². The van der Waals surface area contributed by atoms with Gasteiger partial charge in [-0.1, -0.05) is 11.6 Å². The van der Waals surface area contributed by atoms with E-state index < -0.39 is 0 Å². The second kappa shape index (κ2) is 5.11. The second-order valence-corrected chi connectivity index (χ2v) is 4.69. The summed E-state index contributed by atoms with van der Waals surface area (Å²) >= 11 is 11.9. The molecule has 0 aliphatic rings. The molecule has 0 aliphatic carbocycles. The molecule has 3 rings (SSSR count). The highest BCUT2D eigenvalue weighted by Gasteiger charge is 2.11. The van der Waals surface area contributed by atoms with Gasteiger partial charge in [-0.2, -0.15) is 4.98 Å². The first-order valence-electron chi connectivity index (χ1n) is 5.64. The smallest absolute Gasteiger partial charge is 0.247 e. The molecule has 7 heteroatoms. The van der Waals surface area contributed by atoms with Crippen molar-refractivity contribution in [3.05, 3.63) is 47.0 Å². The molecule has 0 bridgehead atoms. The van der Waals surface area contributed by atoms with Gasteiger partial charge in [0.05, 0.1) is 11.2 Å². The Morgan fingerprint density at radius 2 is 1.95 bits per heavy atom. The predicted octanol–water partition coefficient (Wildman–Crippen LogP) is 3.71. The second-order valence-electron chi connectivity index (χ2n) is 3.95. The number of hydrogen-bond donors (Lipinski definition) is 1. The summed E-state index contributed by atoms with van der Waals surface area (Å²) in [6, 6.07) is 7.08. The summed E-state index contributed by atoms with van der Waals surface area (Å²) in [7, 11) is 0. The monoisotopic (exact) mass is 306 g/mol. The highest BCUT2D eigenvalue weighted by atomic mass is 35.5. The van der Waals surface area contributed by atoms with Gasteiger partial charge in [0.15, 0.2) is 5.75 Å². The van der Waals surface area contributed by atoms with Gasteiger partial charge in [0.2, 0.25) is 11.2 Å². The Labute approximate surface area is 124 Å². The lowest BCUT2D eigenvalue weighted by atomic mass is 10.2. The Morgan fingerprint density at radius 1 is 1.10 bits per heavy atom. The van der Waals surface area contributed by atoms with Crippen molar-refractivity contribution in [3.8, 4) is 11.6 Å². The lowest BCUT2D eigenvalue weighted by molar-refractivity contribution is 0.468. The Morgan fingerprint density at radius 3 is 2.80 bits per heavy atom. The third-order valence-corrected chi connectivity index (χ3v) is 3.15. The predicted molar refractivity (Wildman–Crippen MR) is 78.3 cm³/mol. The van der Waals surface area contributed by atoms with E-state index in [1.165, 1.54) is 6.20 Å². The maximum Gasteiger partial charge on any atom is 0.247 e. The summed E-state index contributed by atoms with van der Waals surface area (Å²) in [6.07, 6.45) is 3.04. The van der Waals surface area contributed by atoms with E-state index in [-0.39, 0.29) is 16.9 Å². The number of hydrogen-bond acceptors (Lipinski definition) is 5. The van der Waals surface area contributed by atoms with Gasteiger partial charge in [-0.05, 0) is 35.9 Å². The number of halogens is 2. The van der Waals surface area contributed by atoms with Crippen LogP contribution in [-0.4, -0.2) is 15.0 Å². The van der Waals surface area contributed by atoms with Crippen molar-refractivity contribution in [2.45, 2.75) is 0 Å². The van der Waals surface area contributed by atoms with Gasteiger partial charge in [-0.15, -0.1) is 0 Å². The molecule has 0 atom stereocenters. The molecule has 3 aromatic rings. The van der Waals surface area contributed by atoms with Gasteiger partial charge < -0.3 is 10.5 Å². The van der Waals surface area contributed by atoms with Crippen LogP contribution < -0.4 is 10.5 Å². The summed E-state index contributed by atoms with van der Waals surface area (Å²) in [6.45, 7) is 0. The minimum absolute atomic E-state index is 0.0560. The molecule has 0 radical (unpaired) electrons. The number of nitrogens with two attached hydrogens (primary N) is 1. The third kappa shape index (κ3) is 2.33. The van der Waals surface area contributed by atoms with Crippen molar-refractivity contribution in [2.75, 3.05) is 5.73 Å². The van der Waals surface area contributed by atoms with Gasteiger partial charge >= 0.3 is 0 Å². The lowest BCUT2D eigenvalue weighted by Crippen LogP contribution is -1.97. The quantitative estimate of drug-likeness (QED) is 0.731. The Hall–Kier alpha value is -2.11. The molecule has 0 saturated heterocycles. The molecular formula is C13H8Cl2N4O. The number of nitrogen functional groups attached to an aromatic ring is 1. The van der Waals surface area contributed by atoms with Crippen molar-refractivity contribution >= 4 is 39.8 Å². The molecule has 2 heterocycles. The molecule has 2 aromatic heterocycles. The van der Waals surface area contributed by atoms with E-state index in [1.54, 1.807) is 24.4 Å². The van der Waals surface area contributed by atoms with Gasteiger partial charge in [0.25, 0.3) is 0 Å². The number of ether oxygens (including phenoxy) is 1. The molecule has 0 amide bonds. The van der Waals surface area contributed by atoms with Crippen LogP contribution >= 0.6 is 23.2 Å². The van der Waals surface area contributed by atoms with Crippen molar-refractivity contribution in [1.29, 1.82) is 0 Å². The van der Waals surface area contributed by atoms with Crippen LogP contribution in [0.1, 0.15) is 0 Å². The normalized spacial score (nSPS) is 10.7. The summed E-state index contributed by atoms with van der Waals surface area (Å²) in [5.74, 6) is 0.672. The van der Waals surface area contributed by atoms with E-state index in [0.717, 1.165) is 5.39 Å². The molecule has 100 valence electrons. The SMILES string of the molecule is Nc1cnc(Cl)nc1Oc1ccc(Cl)c2cccnc12. The first-order chi connectivity index (χ1) is 9.65. The maximum absolute atomic E-state index is 6.12. The van der Waals surface area contributed by atoms with E-state index in [0.29, 0.717) is 16.3 Å². The number of fused-ring (bicyclic) bond motifs is 1. The average molecular weight is 307 g/mol. The van der Waals surface area contributed by atoms with Gasteiger partial charge in [-0.25, -0.2) is 4.98 Å². The zero-order chi connectivity index (χ0) is 14.1. The summed E-state index contributed by atoms with van der Waals surface area (Å²) in [5, 5.41) is 1.43. The van der Waals surface area contributed by atoms with Crippen LogP contribution in [0, 0.1) is 0 Å². The minimum atomic E-state index is 0.0560. The van der Waals surface area contributed by atoms with Crippen molar-refractivity contribution < 1.29 is 4.74 Å². The summed E-state index contributed by atoms with van der Waals surface area (Å²) in [4.78, 5) is 12.0. The number of aromatic nitrogens is 3. The van der Waals surface area contributed by atoms with Crippen LogP contribution in [0.4, 0.5) is 5.69 Å². The first kappa shape index (κ1) is 12.9. The van der Waals surface area contributed by atoms with E-state index in [4.69, 9.17) is 33.7 Å². The molecular weight excluding hydrogens is 299 g/mol. The van der Waals surface area contributed by atoms with Crippen LogP contribution in [0.15, 0.2) is 36.7 Å². The van der Waals surface area contributed by atoms with Crippen LogP contribution in [0.25, 0.3) is 10.9 Å². The summed E-state index contributed by atoms with van der Waals surface area (Å²) < 4.78 is 5.68. The molecule has 1 aromatic carbocycles. The fraction of sp³-hybridized carbons (Fsp3) is 0. The van der Waals surface area contributed by atoms with Crippen LogP contribution in [0.3, 0.4) is 0 Å². The maximum atomic E-state index is 6.12. The number of rotatable bonds is 2. The third-order valence-electron chi connectivity index (χ3n) is 2.64. The summed E-state index contributed by atoms with van der Waals surface area (Å²) in [5.41, 5.74) is 6.66. The lowest BCUT2D eigenvalue weighted by Gasteiger charge is -2.09. The fourth-order valence-corrected chi connectivity index (χ4v) is 2.08. The molecule has 0 fully saturated rings. The van der Waals surface area contributed by atoms with E-state index in [2.05, 4.69) is 15.0 Å². The molecule has 2 N–H and O–H groups in total. The number of nitrogens with zero attached hydrogens (tertiary/aromatic N) is 3. The highest BCUT2D eigenvalue weighted by molar-refractivity contribution is 6.35. The van der Waals surface area contributed by atoms with Crippen LogP contribution in [-0.2, 0) is 0 Å². The number of benzene rings is 1. The highest BCUT2D eigenvalue weighted by Crippen LogP contribution is 2.33. The van der Waals surface area contributed by atoms with Crippen LogP contribution in [0.2, 0.25) is 10.3 Å². The van der Waals surface area contributed by atoms with Crippen LogP contribution in [0.5, 0.6) is 11.6 Å². The Kier molecular flexibility index (Phi) is 3.30. The molecule has 0 unspecified atom stereocenters. The molecule has 0 spiro atoms. The molecule has 20 heavy (non-hydrogen) atoms. The Bertz CT molecular complexity index is 794. The van der Waals surface area contributed by atoms with E-state index in [1.807, 2.05) is 6.07 Å². The topological polar surface area (TPSA) is 73.9 Å². The molecule has 5 nitrogen and oxygen atoms in total. The first-order valence-corrected chi connectivity index (χ1v) is 6.40. The standard InChI is InChI=1S/C13H8Cl2N4O/c14-8-3-4-10(11-7(8)2-1-5-17-11)20-12-9(16)6-18-13(15)19-12/h1-6H,16H2. The zero-order valence-corrected chi connectivity index (χ0v) is 11.6. The van der Waals surface area contributed by atoms with Gasteiger partial charge in [0, 0.05) is 11.6 Å². The minimum Gasteiger partial charge on any atom is -0.435 e. The van der Waals surface area contributed by atoms with Crippen molar-refractivity contribution in [3.63, 3.8) is 0 Å². The number of anilines is 1. The zero-order valence-electron chi connectivity index (χ0n) is 10.0. The fourth-order valence-electron chi connectivity index (χ4n) is 1.74. The number of pyridine rings is 1. The van der Waals surface area contributed by atoms with E-state index >= 15 is 0 Å². The molecule has 0 aliphatic heterocycles. The Balaban J connectivity index is 2.11. The van der Waals surface area contributed by atoms with Gasteiger partial charge in [-0.3, -0.25) is 4.98 Å². The van der Waals surface area contributed by atoms with Gasteiger partial charge in [0.1, 0.15) is 11.2 Å². The molecule has 0 saturated carbocycles. The average Bonchev–Trinajstić information content (AvgIpc) is 2.46. The van der Waals surface area contributed by atoms with Crippen molar-refractivity contribution in [1.82, 2.24) is 15.0 Å².